The molecule has 9 heteroatoms. The summed E-state index contributed by atoms with van der Waals surface area (Å²) in [7, 11) is 0. The second-order valence-electron chi connectivity index (χ2n) is 11.1. The number of ether oxygens (including phenoxy) is 3. The standard InChI is InChI=1S/C31H33FN4O4/c1-21(23-7-6-8-24(32)19-23)39-31(5)16-13-28-33-20-27(36(28)34-31)22-9-11-26(12-10-22)38-18-15-25-14-17-35(25)29(37)40-30(2,3)4/h6-13,16,19-21,25,34H,14,17H2,1-5H3/t21-,25?,31?/m1/s1. The van der Waals surface area contributed by atoms with Gasteiger partial charge in [-0.1, -0.05) is 12.1 Å². The van der Waals surface area contributed by atoms with Crippen LogP contribution in [-0.4, -0.2) is 44.6 Å². The zero-order chi connectivity index (χ0) is 28.5. The highest BCUT2D eigenvalue weighted by Gasteiger charge is 2.34. The fourth-order valence-electron chi connectivity index (χ4n) is 4.48. The van der Waals surface area contributed by atoms with Crippen LogP contribution in [-0.2, 0) is 9.47 Å². The van der Waals surface area contributed by atoms with Crippen molar-refractivity contribution < 1.29 is 23.4 Å². The molecule has 2 aliphatic rings. The largest absolute Gasteiger partial charge is 0.444 e. The van der Waals surface area contributed by atoms with Gasteiger partial charge in [-0.25, -0.2) is 18.8 Å². The molecule has 2 aromatic carbocycles. The quantitative estimate of drug-likeness (QED) is 0.391. The van der Waals surface area contributed by atoms with E-state index in [9.17, 15) is 9.18 Å². The van der Waals surface area contributed by atoms with E-state index in [0.29, 0.717) is 12.3 Å². The predicted molar refractivity (Wildman–Crippen MR) is 150 cm³/mol. The number of likely N-dealkylation sites (tertiary alicyclic amines) is 1. The molecule has 1 N–H and O–H groups in total. The van der Waals surface area contributed by atoms with Crippen LogP contribution >= 0.6 is 0 Å². The summed E-state index contributed by atoms with van der Waals surface area (Å²) in [4.78, 5) is 18.4. The first-order valence-corrected chi connectivity index (χ1v) is 13.3. The molecule has 2 unspecified atom stereocenters. The maximum atomic E-state index is 13.7. The molecule has 3 atom stereocenters. The Hall–Kier alpha value is -4.29. The number of aromatic nitrogens is 2. The number of hydrogen-bond donors (Lipinski definition) is 1. The molecule has 0 aliphatic carbocycles. The molecule has 0 radical (unpaired) electrons. The minimum Gasteiger partial charge on any atom is -0.444 e. The Kier molecular flexibility index (Phi) is 7.30. The Morgan fingerprint density at radius 1 is 1.23 bits per heavy atom. The first-order valence-electron chi connectivity index (χ1n) is 13.3. The van der Waals surface area contributed by atoms with Crippen molar-refractivity contribution in [2.45, 2.75) is 64.5 Å². The summed E-state index contributed by atoms with van der Waals surface area (Å²) >= 11 is 0. The van der Waals surface area contributed by atoms with Crippen molar-refractivity contribution in [3.8, 4) is 29.0 Å². The van der Waals surface area contributed by atoms with Crippen LogP contribution in [0.15, 0.2) is 60.8 Å². The molecule has 208 valence electrons. The van der Waals surface area contributed by atoms with Crippen LogP contribution < -0.4 is 10.2 Å². The van der Waals surface area contributed by atoms with E-state index in [2.05, 4.69) is 22.4 Å². The number of benzene rings is 2. The van der Waals surface area contributed by atoms with Crippen LogP contribution in [0.5, 0.6) is 5.75 Å². The van der Waals surface area contributed by atoms with Crippen LogP contribution in [0.25, 0.3) is 17.3 Å². The number of hydrogen-bond acceptors (Lipinski definition) is 6. The molecule has 1 amide bonds. The SMILES string of the molecule is C[C@@H](OC1(C)C=Cc2ncc(-c3ccc(OC#CC4CCN4C(=O)OC(C)(C)C)cc3)n2N1)c1cccc(F)c1. The average Bonchev–Trinajstić information content (AvgIpc) is 3.27. The number of carbonyl (C=O) groups excluding carboxylic acids is 1. The second-order valence-corrected chi connectivity index (χ2v) is 11.1. The summed E-state index contributed by atoms with van der Waals surface area (Å²) in [6.45, 7) is 9.94. The van der Waals surface area contributed by atoms with Gasteiger partial charge in [0.25, 0.3) is 0 Å². The number of nitrogens with zero attached hydrogens (tertiary/aromatic N) is 3. The highest BCUT2D eigenvalue weighted by atomic mass is 19.1. The summed E-state index contributed by atoms with van der Waals surface area (Å²) in [5.74, 6) is 4.01. The van der Waals surface area contributed by atoms with Gasteiger partial charge in [0, 0.05) is 12.1 Å². The lowest BCUT2D eigenvalue weighted by atomic mass is 10.1. The molecule has 1 saturated heterocycles. The molecular formula is C31H33FN4O4. The highest BCUT2D eigenvalue weighted by Crippen LogP contribution is 2.31. The molecule has 0 spiro atoms. The summed E-state index contributed by atoms with van der Waals surface area (Å²) in [5.41, 5.74) is 4.51. The number of carbonyl (C=O) groups is 1. The average molecular weight is 545 g/mol. The minimum atomic E-state index is -0.846. The molecule has 8 nitrogen and oxygen atoms in total. The topological polar surface area (TPSA) is 77.8 Å². The fourth-order valence-corrected chi connectivity index (χ4v) is 4.48. The maximum absolute atomic E-state index is 13.7. The fraction of sp³-hybridized carbons (Fsp3) is 0.355. The molecule has 3 aromatic rings. The first-order chi connectivity index (χ1) is 19.0. The van der Waals surface area contributed by atoms with Gasteiger partial charge in [-0.05, 0) is 101 Å². The van der Waals surface area contributed by atoms with Gasteiger partial charge in [-0.3, -0.25) is 10.3 Å². The van der Waals surface area contributed by atoms with Crippen molar-refractivity contribution in [1.82, 2.24) is 14.6 Å². The van der Waals surface area contributed by atoms with Crippen LogP contribution in [0.2, 0.25) is 0 Å². The van der Waals surface area contributed by atoms with Gasteiger partial charge in [0.15, 0.2) is 11.5 Å². The van der Waals surface area contributed by atoms with E-state index in [4.69, 9.17) is 14.2 Å². The van der Waals surface area contributed by atoms with Crippen LogP contribution in [0.4, 0.5) is 9.18 Å². The van der Waals surface area contributed by atoms with Gasteiger partial charge >= 0.3 is 6.09 Å². The Morgan fingerprint density at radius 2 is 2.00 bits per heavy atom. The normalized spacial score (nSPS) is 20.4. The smallest absolute Gasteiger partial charge is 0.411 e. The van der Waals surface area contributed by atoms with E-state index in [1.54, 1.807) is 17.2 Å². The number of rotatable bonds is 5. The van der Waals surface area contributed by atoms with Gasteiger partial charge in [0.1, 0.15) is 29.3 Å². The Balaban J connectivity index is 1.22. The molecule has 1 fully saturated rings. The Morgan fingerprint density at radius 3 is 2.67 bits per heavy atom. The Labute approximate surface area is 233 Å². The van der Waals surface area contributed by atoms with Crippen LogP contribution in [0, 0.1) is 17.8 Å². The predicted octanol–water partition coefficient (Wildman–Crippen LogP) is 6.10. The lowest BCUT2D eigenvalue weighted by Crippen LogP contribution is -2.52. The summed E-state index contributed by atoms with van der Waals surface area (Å²) in [5, 5.41) is 0. The van der Waals surface area contributed by atoms with Crippen molar-refractivity contribution in [1.29, 1.82) is 0 Å². The van der Waals surface area contributed by atoms with Crippen molar-refractivity contribution in [3.63, 3.8) is 0 Å². The van der Waals surface area contributed by atoms with Crippen molar-refractivity contribution in [2.75, 3.05) is 12.0 Å². The van der Waals surface area contributed by atoms with Gasteiger partial charge in [0.05, 0.1) is 18.0 Å². The number of halogens is 1. The Bertz CT molecular complexity index is 1480. The maximum Gasteiger partial charge on any atom is 0.411 e. The monoisotopic (exact) mass is 544 g/mol. The number of nitrogens with one attached hydrogen (secondary N) is 1. The third kappa shape index (κ3) is 6.13. The summed E-state index contributed by atoms with van der Waals surface area (Å²) < 4.78 is 32.9. The van der Waals surface area contributed by atoms with Crippen LogP contribution in [0.1, 0.15) is 58.5 Å². The van der Waals surface area contributed by atoms with E-state index >= 15 is 0 Å². The van der Waals surface area contributed by atoms with Gasteiger partial charge < -0.3 is 14.2 Å². The van der Waals surface area contributed by atoms with Gasteiger partial charge in [-0.2, -0.15) is 0 Å². The first kappa shape index (κ1) is 27.3. The third-order valence-electron chi connectivity index (χ3n) is 6.61. The number of amides is 1. The highest BCUT2D eigenvalue weighted by molar-refractivity contribution is 5.70. The van der Waals surface area contributed by atoms with E-state index in [1.165, 1.54) is 12.1 Å². The lowest BCUT2D eigenvalue weighted by Gasteiger charge is -2.38. The summed E-state index contributed by atoms with van der Waals surface area (Å²) in [6, 6.07) is 13.7. The molecule has 0 saturated carbocycles. The zero-order valence-corrected chi connectivity index (χ0v) is 23.3. The molecule has 1 aromatic heterocycles. The molecule has 5 rings (SSSR count). The zero-order valence-electron chi connectivity index (χ0n) is 23.3. The van der Waals surface area contributed by atoms with Crippen molar-refractivity contribution >= 4 is 12.2 Å². The third-order valence-corrected chi connectivity index (χ3v) is 6.61. The van der Waals surface area contributed by atoms with E-state index in [0.717, 1.165) is 29.1 Å². The molecule has 3 heterocycles. The van der Waals surface area contributed by atoms with Crippen molar-refractivity contribution in [2.24, 2.45) is 0 Å². The second kappa shape index (κ2) is 10.7. The number of imidazole rings is 1. The molecule has 40 heavy (non-hydrogen) atoms. The summed E-state index contributed by atoms with van der Waals surface area (Å²) in [6.07, 6.45) is 8.38. The van der Waals surface area contributed by atoms with E-state index in [-0.39, 0.29) is 24.1 Å². The van der Waals surface area contributed by atoms with E-state index < -0.39 is 11.3 Å². The van der Waals surface area contributed by atoms with Crippen molar-refractivity contribution in [3.05, 3.63) is 78.0 Å². The van der Waals surface area contributed by atoms with Gasteiger partial charge in [0.2, 0.25) is 0 Å². The van der Waals surface area contributed by atoms with E-state index in [1.807, 2.05) is 81.8 Å². The van der Waals surface area contributed by atoms with Gasteiger partial charge in [-0.15, -0.1) is 0 Å². The lowest BCUT2D eigenvalue weighted by molar-refractivity contribution is -0.0358. The number of fused-ring (bicyclic) bond motifs is 1. The molecule has 2 aliphatic heterocycles. The molecular weight excluding hydrogens is 511 g/mol. The molecule has 0 bridgehead atoms. The van der Waals surface area contributed by atoms with Crippen LogP contribution in [0.3, 0.4) is 0 Å². The minimum absolute atomic E-state index is 0.216.